The summed E-state index contributed by atoms with van der Waals surface area (Å²) < 4.78 is 20.8. The van der Waals surface area contributed by atoms with Crippen molar-refractivity contribution in [2.75, 3.05) is 5.32 Å². The molecule has 3 aromatic rings. The molecule has 0 spiro atoms. The summed E-state index contributed by atoms with van der Waals surface area (Å²) in [7, 11) is 1.91. The molecule has 1 N–H and O–H groups in total. The molecule has 1 aromatic carbocycles. The van der Waals surface area contributed by atoms with Crippen molar-refractivity contribution in [1.82, 2.24) is 19.7 Å². The number of halogens is 1. The van der Waals surface area contributed by atoms with Crippen LogP contribution in [0.25, 0.3) is 11.0 Å². The summed E-state index contributed by atoms with van der Waals surface area (Å²) in [5, 5.41) is 11.5. The molecule has 2 atom stereocenters. The van der Waals surface area contributed by atoms with Crippen molar-refractivity contribution in [1.29, 1.82) is 0 Å². The first-order valence-corrected chi connectivity index (χ1v) is 8.26. The first-order valence-electron chi connectivity index (χ1n) is 8.26. The molecule has 6 nitrogen and oxygen atoms in total. The average molecular weight is 329 g/mol. The van der Waals surface area contributed by atoms with Gasteiger partial charge in [0.25, 0.3) is 0 Å². The smallest absolute Gasteiger partial charge is 0.216 e. The lowest BCUT2D eigenvalue weighted by molar-refractivity contribution is 0.416. The van der Waals surface area contributed by atoms with Gasteiger partial charge in [0.2, 0.25) is 17.7 Å². The quantitative estimate of drug-likeness (QED) is 0.796. The molecule has 1 aliphatic rings. The van der Waals surface area contributed by atoms with Crippen molar-refractivity contribution in [2.24, 2.45) is 13.0 Å². The molecule has 0 amide bonds. The van der Waals surface area contributed by atoms with Crippen LogP contribution in [-0.2, 0) is 13.5 Å². The minimum absolute atomic E-state index is 0.243. The first-order chi connectivity index (χ1) is 11.6. The topological polar surface area (TPSA) is 68.8 Å². The minimum Gasteiger partial charge on any atom is -0.426 e. The van der Waals surface area contributed by atoms with Gasteiger partial charge in [-0.15, -0.1) is 10.2 Å². The van der Waals surface area contributed by atoms with E-state index in [0.29, 0.717) is 17.9 Å². The maximum atomic E-state index is 13.4. The van der Waals surface area contributed by atoms with Gasteiger partial charge >= 0.3 is 0 Å². The Labute approximate surface area is 139 Å². The number of nitrogens with one attached hydrogen (secondary N) is 1. The normalized spacial score (nSPS) is 20.8. The van der Waals surface area contributed by atoms with Crippen LogP contribution in [0.15, 0.2) is 22.6 Å². The Bertz CT molecular complexity index is 871. The molecule has 7 heteroatoms. The van der Waals surface area contributed by atoms with Gasteiger partial charge in [-0.05, 0) is 43.4 Å². The number of hydrogen-bond donors (Lipinski definition) is 1. The molecule has 126 valence electrons. The van der Waals surface area contributed by atoms with Gasteiger partial charge in [0.15, 0.2) is 0 Å². The number of fused-ring (bicyclic) bond motifs is 1. The number of rotatable bonds is 4. The van der Waals surface area contributed by atoms with E-state index in [1.54, 1.807) is 6.07 Å². The summed E-state index contributed by atoms with van der Waals surface area (Å²) in [6.07, 6.45) is 4.07. The summed E-state index contributed by atoms with van der Waals surface area (Å²) in [4.78, 5) is 4.57. The molecule has 1 fully saturated rings. The van der Waals surface area contributed by atoms with E-state index in [1.807, 2.05) is 18.5 Å². The third-order valence-electron chi connectivity index (χ3n) is 4.75. The van der Waals surface area contributed by atoms with E-state index >= 15 is 0 Å². The van der Waals surface area contributed by atoms with Crippen molar-refractivity contribution >= 4 is 17.0 Å². The summed E-state index contributed by atoms with van der Waals surface area (Å²) in [5.74, 6) is 2.41. The fourth-order valence-corrected chi connectivity index (χ4v) is 3.53. The van der Waals surface area contributed by atoms with Gasteiger partial charge in [-0.2, -0.15) is 0 Å². The Hall–Kier alpha value is -2.44. The number of benzene rings is 1. The number of imidazole rings is 1. The second-order valence-corrected chi connectivity index (χ2v) is 6.57. The highest BCUT2D eigenvalue weighted by atomic mass is 19.1. The Morgan fingerprint density at radius 1 is 1.33 bits per heavy atom. The zero-order chi connectivity index (χ0) is 16.7. The van der Waals surface area contributed by atoms with Crippen LogP contribution in [-0.4, -0.2) is 25.8 Å². The largest absolute Gasteiger partial charge is 0.426 e. The number of hydrogen-bond acceptors (Lipinski definition) is 5. The predicted molar refractivity (Wildman–Crippen MR) is 88.2 cm³/mol. The molecule has 24 heavy (non-hydrogen) atoms. The molecule has 0 aliphatic heterocycles. The third-order valence-corrected chi connectivity index (χ3v) is 4.75. The molecule has 2 aromatic heterocycles. The van der Waals surface area contributed by atoms with E-state index in [0.717, 1.165) is 48.6 Å². The molecule has 0 radical (unpaired) electrons. The molecule has 1 saturated carbocycles. The number of nitrogens with zero attached hydrogens (tertiary/aromatic N) is 4. The molecule has 2 heterocycles. The van der Waals surface area contributed by atoms with Gasteiger partial charge in [-0.3, -0.25) is 0 Å². The van der Waals surface area contributed by atoms with Crippen molar-refractivity contribution in [3.63, 3.8) is 0 Å². The lowest BCUT2D eigenvalue weighted by Gasteiger charge is -2.13. The summed E-state index contributed by atoms with van der Waals surface area (Å²) in [6.45, 7) is 1.81. The van der Waals surface area contributed by atoms with Gasteiger partial charge in [0, 0.05) is 26.4 Å². The van der Waals surface area contributed by atoms with Crippen LogP contribution in [0, 0.1) is 18.7 Å². The van der Waals surface area contributed by atoms with Gasteiger partial charge in [-0.25, -0.2) is 9.37 Å². The number of aryl methyl sites for hydroxylation is 2. The minimum atomic E-state index is -0.243. The Morgan fingerprint density at radius 2 is 2.21 bits per heavy atom. The monoisotopic (exact) mass is 329 g/mol. The van der Waals surface area contributed by atoms with Crippen LogP contribution < -0.4 is 5.32 Å². The van der Waals surface area contributed by atoms with E-state index in [9.17, 15) is 4.39 Å². The summed E-state index contributed by atoms with van der Waals surface area (Å²) in [5.41, 5.74) is 1.60. The lowest BCUT2D eigenvalue weighted by Crippen LogP contribution is -2.18. The summed E-state index contributed by atoms with van der Waals surface area (Å²) in [6, 6.07) is 5.03. The van der Waals surface area contributed by atoms with Crippen LogP contribution in [0.5, 0.6) is 0 Å². The molecule has 0 saturated heterocycles. The fourth-order valence-electron chi connectivity index (χ4n) is 3.53. The maximum absolute atomic E-state index is 13.4. The van der Waals surface area contributed by atoms with Crippen LogP contribution in [0.4, 0.5) is 10.3 Å². The average Bonchev–Trinajstić information content (AvgIpc) is 3.23. The van der Waals surface area contributed by atoms with Crippen LogP contribution in [0.3, 0.4) is 0 Å². The van der Waals surface area contributed by atoms with Crippen molar-refractivity contribution < 1.29 is 8.81 Å². The van der Waals surface area contributed by atoms with E-state index < -0.39 is 0 Å². The standard InChI is InChI=1S/C17H20FN5O/c1-10-21-22-16(24-10)8-11-3-5-13(7-11)19-17-20-14-6-4-12(18)9-15(14)23(17)2/h4,6,9,11,13H,3,5,7-8H2,1-2H3,(H,19,20)/t11-,13+/m1/s1. The van der Waals surface area contributed by atoms with Crippen molar-refractivity contribution in [3.8, 4) is 0 Å². The van der Waals surface area contributed by atoms with E-state index in [1.165, 1.54) is 12.1 Å². The molecule has 0 unspecified atom stereocenters. The van der Waals surface area contributed by atoms with E-state index in [4.69, 9.17) is 4.42 Å². The van der Waals surface area contributed by atoms with Crippen LogP contribution >= 0.6 is 0 Å². The second kappa shape index (κ2) is 5.89. The Balaban J connectivity index is 1.44. The SMILES string of the molecule is Cc1nnc(C[C@@H]2CC[C@H](Nc3nc4ccc(F)cc4n3C)C2)o1. The number of anilines is 1. The van der Waals surface area contributed by atoms with Gasteiger partial charge < -0.3 is 14.3 Å². The Kier molecular flexibility index (Phi) is 3.70. The predicted octanol–water partition coefficient (Wildman–Crippen LogP) is 3.23. The first kappa shape index (κ1) is 15.1. The van der Waals surface area contributed by atoms with Gasteiger partial charge in [0.05, 0.1) is 11.0 Å². The second-order valence-electron chi connectivity index (χ2n) is 6.57. The highest BCUT2D eigenvalue weighted by Gasteiger charge is 2.27. The number of aromatic nitrogens is 4. The Morgan fingerprint density at radius 3 is 3.00 bits per heavy atom. The van der Waals surface area contributed by atoms with Crippen LogP contribution in [0.1, 0.15) is 31.0 Å². The van der Waals surface area contributed by atoms with E-state index in [-0.39, 0.29) is 5.82 Å². The molecule has 0 bridgehead atoms. The summed E-state index contributed by atoms with van der Waals surface area (Å²) >= 11 is 0. The zero-order valence-electron chi connectivity index (χ0n) is 13.8. The molecule has 1 aliphatic carbocycles. The van der Waals surface area contributed by atoms with E-state index in [2.05, 4.69) is 20.5 Å². The zero-order valence-corrected chi connectivity index (χ0v) is 13.8. The fraction of sp³-hybridized carbons (Fsp3) is 0.471. The van der Waals surface area contributed by atoms with Crippen LogP contribution in [0.2, 0.25) is 0 Å². The third kappa shape index (κ3) is 2.86. The van der Waals surface area contributed by atoms with Crippen molar-refractivity contribution in [3.05, 3.63) is 35.8 Å². The maximum Gasteiger partial charge on any atom is 0.216 e. The molecule has 4 rings (SSSR count). The lowest BCUT2D eigenvalue weighted by atomic mass is 10.0. The van der Waals surface area contributed by atoms with Gasteiger partial charge in [0.1, 0.15) is 5.82 Å². The highest BCUT2D eigenvalue weighted by molar-refractivity contribution is 5.78. The molecular weight excluding hydrogens is 309 g/mol. The van der Waals surface area contributed by atoms with Crippen molar-refractivity contribution in [2.45, 2.75) is 38.6 Å². The van der Waals surface area contributed by atoms with Gasteiger partial charge in [-0.1, -0.05) is 0 Å². The highest BCUT2D eigenvalue weighted by Crippen LogP contribution is 2.31. The molecular formula is C17H20FN5O.